The quantitative estimate of drug-likeness (QED) is 0.767. The molecular weight excluding hydrogens is 265 g/mol. The lowest BCUT2D eigenvalue weighted by Crippen LogP contribution is -2.17. The van der Waals surface area contributed by atoms with Crippen LogP contribution in [0.1, 0.15) is 23.5 Å². The van der Waals surface area contributed by atoms with Gasteiger partial charge in [0.1, 0.15) is 0 Å². The van der Waals surface area contributed by atoms with E-state index in [9.17, 15) is 9.90 Å². The van der Waals surface area contributed by atoms with Crippen molar-refractivity contribution in [3.63, 3.8) is 0 Å². The largest absolute Gasteiger partial charge is 0.481 e. The first-order chi connectivity index (χ1) is 7.58. The van der Waals surface area contributed by atoms with E-state index in [-0.39, 0.29) is 37.9 Å². The zero-order valence-electron chi connectivity index (χ0n) is 9.10. The summed E-state index contributed by atoms with van der Waals surface area (Å²) in [6, 6.07) is 5.01. The van der Waals surface area contributed by atoms with Crippen molar-refractivity contribution in [3.8, 4) is 0 Å². The van der Waals surface area contributed by atoms with E-state index in [1.807, 2.05) is 0 Å². The minimum absolute atomic E-state index is 0. The molecule has 6 heteroatoms. The number of rotatable bonds is 5. The number of carboxylic acids is 1. The van der Waals surface area contributed by atoms with Crippen molar-refractivity contribution in [2.45, 2.75) is 18.9 Å². The van der Waals surface area contributed by atoms with Gasteiger partial charge in [-0.2, -0.15) is 0 Å². The summed E-state index contributed by atoms with van der Waals surface area (Å²) >= 11 is 5.79. The normalized spacial score (nSPS) is 11.7. The Labute approximate surface area is 111 Å². The van der Waals surface area contributed by atoms with Crippen molar-refractivity contribution in [2.24, 2.45) is 5.73 Å². The molecule has 0 fully saturated rings. The number of hydrogen-bond donors (Lipinski definition) is 3. The van der Waals surface area contributed by atoms with Gasteiger partial charge in [0.2, 0.25) is 0 Å². The topological polar surface area (TPSA) is 83.6 Å². The average molecular weight is 280 g/mol. The van der Waals surface area contributed by atoms with Crippen molar-refractivity contribution in [1.29, 1.82) is 0 Å². The lowest BCUT2D eigenvalue weighted by molar-refractivity contribution is -0.137. The second kappa shape index (κ2) is 7.50. The molecule has 0 aliphatic carbocycles. The van der Waals surface area contributed by atoms with Crippen LogP contribution >= 0.6 is 24.0 Å². The van der Waals surface area contributed by atoms with Crippen LogP contribution < -0.4 is 5.73 Å². The van der Waals surface area contributed by atoms with Crippen molar-refractivity contribution in [1.82, 2.24) is 0 Å². The minimum atomic E-state index is -0.908. The van der Waals surface area contributed by atoms with Gasteiger partial charge in [0.05, 0.1) is 13.0 Å². The maximum absolute atomic E-state index is 10.7. The molecule has 0 bridgehead atoms. The summed E-state index contributed by atoms with van der Waals surface area (Å²) in [5, 5.41) is 18.4. The van der Waals surface area contributed by atoms with Gasteiger partial charge < -0.3 is 15.9 Å². The molecule has 17 heavy (non-hydrogen) atoms. The van der Waals surface area contributed by atoms with E-state index in [2.05, 4.69) is 0 Å². The predicted octanol–water partition coefficient (Wildman–Crippen LogP) is 1.77. The average Bonchev–Trinajstić information content (AvgIpc) is 2.25. The molecule has 0 spiro atoms. The third-order valence-electron chi connectivity index (χ3n) is 2.42. The fourth-order valence-electron chi connectivity index (χ4n) is 1.64. The molecule has 0 unspecified atom stereocenters. The Balaban J connectivity index is 0.00000256. The lowest BCUT2D eigenvalue weighted by atomic mass is 9.92. The SMILES string of the molecule is Cl.NC[C@H](CC(=O)O)c1ccc(Cl)cc1CO. The van der Waals surface area contributed by atoms with Crippen molar-refractivity contribution < 1.29 is 15.0 Å². The molecule has 1 rings (SSSR count). The van der Waals surface area contributed by atoms with Gasteiger partial charge >= 0.3 is 5.97 Å². The monoisotopic (exact) mass is 279 g/mol. The summed E-state index contributed by atoms with van der Waals surface area (Å²) in [6.07, 6.45) is -0.0505. The van der Waals surface area contributed by atoms with Crippen molar-refractivity contribution in [3.05, 3.63) is 34.3 Å². The second-order valence-electron chi connectivity index (χ2n) is 3.53. The van der Waals surface area contributed by atoms with E-state index in [0.29, 0.717) is 10.6 Å². The van der Waals surface area contributed by atoms with Crippen LogP contribution in [0.5, 0.6) is 0 Å². The van der Waals surface area contributed by atoms with Crippen LogP contribution in [0.2, 0.25) is 5.02 Å². The smallest absolute Gasteiger partial charge is 0.304 e. The molecule has 1 aromatic rings. The van der Waals surface area contributed by atoms with Crippen molar-refractivity contribution >= 4 is 30.0 Å². The van der Waals surface area contributed by atoms with Gasteiger partial charge in [-0.15, -0.1) is 12.4 Å². The predicted molar refractivity (Wildman–Crippen MR) is 68.7 cm³/mol. The molecule has 0 aliphatic heterocycles. The van der Waals surface area contributed by atoms with Crippen LogP contribution in [0.25, 0.3) is 0 Å². The fraction of sp³-hybridized carbons (Fsp3) is 0.364. The van der Waals surface area contributed by atoms with Gasteiger partial charge in [-0.1, -0.05) is 17.7 Å². The number of nitrogens with two attached hydrogens (primary N) is 1. The molecule has 96 valence electrons. The Kier molecular flexibility index (Phi) is 7.15. The number of aliphatic hydroxyl groups excluding tert-OH is 1. The molecule has 4 N–H and O–H groups in total. The standard InChI is InChI=1S/C11H14ClNO3.ClH/c12-9-1-2-10(8(3-9)6-14)7(5-13)4-11(15)16;/h1-3,7,14H,4-6,13H2,(H,15,16);1H/t7-;/m0./s1. The second-order valence-corrected chi connectivity index (χ2v) is 3.97. The number of carboxylic acid groups (broad SMARTS) is 1. The van der Waals surface area contributed by atoms with E-state index in [4.69, 9.17) is 22.4 Å². The number of halogens is 2. The molecule has 1 aromatic carbocycles. The zero-order chi connectivity index (χ0) is 12.1. The Morgan fingerprint density at radius 3 is 2.59 bits per heavy atom. The summed E-state index contributed by atoms with van der Waals surface area (Å²) < 4.78 is 0. The van der Waals surface area contributed by atoms with E-state index in [1.165, 1.54) is 0 Å². The van der Waals surface area contributed by atoms with Crippen LogP contribution in [0, 0.1) is 0 Å². The number of aliphatic hydroxyl groups is 1. The Bertz CT molecular complexity index is 385. The highest BCUT2D eigenvalue weighted by atomic mass is 35.5. The molecule has 0 aliphatic rings. The number of carbonyl (C=O) groups is 1. The van der Waals surface area contributed by atoms with E-state index in [0.717, 1.165) is 5.56 Å². The van der Waals surface area contributed by atoms with Crippen LogP contribution in [0.15, 0.2) is 18.2 Å². The summed E-state index contributed by atoms with van der Waals surface area (Å²) in [4.78, 5) is 10.7. The molecule has 0 saturated heterocycles. The Morgan fingerprint density at radius 1 is 1.47 bits per heavy atom. The van der Waals surface area contributed by atoms with Crippen LogP contribution in [-0.2, 0) is 11.4 Å². The van der Waals surface area contributed by atoms with Crippen LogP contribution in [0.3, 0.4) is 0 Å². The van der Waals surface area contributed by atoms with Gasteiger partial charge in [-0.25, -0.2) is 0 Å². The number of aliphatic carboxylic acids is 1. The molecule has 1 atom stereocenters. The maximum atomic E-state index is 10.7. The van der Waals surface area contributed by atoms with Gasteiger partial charge in [0.25, 0.3) is 0 Å². The van der Waals surface area contributed by atoms with E-state index >= 15 is 0 Å². The van der Waals surface area contributed by atoms with E-state index < -0.39 is 5.97 Å². The Hall–Kier alpha value is -0.810. The van der Waals surface area contributed by atoms with Gasteiger partial charge in [-0.05, 0) is 29.8 Å². The summed E-state index contributed by atoms with van der Waals surface area (Å²) in [7, 11) is 0. The highest BCUT2D eigenvalue weighted by molar-refractivity contribution is 6.30. The maximum Gasteiger partial charge on any atom is 0.304 e. The number of benzene rings is 1. The lowest BCUT2D eigenvalue weighted by Gasteiger charge is -2.16. The summed E-state index contributed by atoms with van der Waals surface area (Å²) in [5.74, 6) is -1.20. The Morgan fingerprint density at radius 2 is 2.12 bits per heavy atom. The van der Waals surface area contributed by atoms with Crippen LogP contribution in [0.4, 0.5) is 0 Å². The first-order valence-corrected chi connectivity index (χ1v) is 5.27. The molecular formula is C11H15Cl2NO3. The fourth-order valence-corrected chi connectivity index (χ4v) is 1.84. The third kappa shape index (κ3) is 4.52. The third-order valence-corrected chi connectivity index (χ3v) is 2.66. The van der Waals surface area contributed by atoms with Crippen molar-refractivity contribution in [2.75, 3.05) is 6.54 Å². The van der Waals surface area contributed by atoms with Gasteiger partial charge in [0.15, 0.2) is 0 Å². The first-order valence-electron chi connectivity index (χ1n) is 4.89. The molecule has 0 aromatic heterocycles. The molecule has 0 saturated carbocycles. The highest BCUT2D eigenvalue weighted by Crippen LogP contribution is 2.25. The summed E-state index contributed by atoms with van der Waals surface area (Å²) in [5.41, 5.74) is 6.91. The highest BCUT2D eigenvalue weighted by Gasteiger charge is 2.17. The molecule has 0 radical (unpaired) electrons. The molecule has 4 nitrogen and oxygen atoms in total. The summed E-state index contributed by atoms with van der Waals surface area (Å²) in [6.45, 7) is 0.0486. The van der Waals surface area contributed by atoms with Gasteiger partial charge in [-0.3, -0.25) is 4.79 Å². The molecule has 0 heterocycles. The minimum Gasteiger partial charge on any atom is -0.481 e. The molecule has 0 amide bonds. The van der Waals surface area contributed by atoms with Crippen LogP contribution in [-0.4, -0.2) is 22.7 Å². The van der Waals surface area contributed by atoms with Gasteiger partial charge in [0, 0.05) is 10.9 Å². The van der Waals surface area contributed by atoms with E-state index in [1.54, 1.807) is 18.2 Å². The zero-order valence-corrected chi connectivity index (χ0v) is 10.7. The first kappa shape index (κ1) is 16.2. The number of hydrogen-bond acceptors (Lipinski definition) is 3.